The highest BCUT2D eigenvalue weighted by Gasteiger charge is 2.05. The van der Waals surface area contributed by atoms with Gasteiger partial charge >= 0.3 is 0 Å². The van der Waals surface area contributed by atoms with E-state index in [2.05, 4.69) is 31.9 Å². The second kappa shape index (κ2) is 3.90. The first-order chi connectivity index (χ1) is 5.16. The topological polar surface area (TPSA) is 20.2 Å². The van der Waals surface area contributed by atoms with Crippen molar-refractivity contribution < 1.29 is 5.11 Å². The molecule has 1 aromatic rings. The molecule has 0 bridgehead atoms. The van der Waals surface area contributed by atoms with Crippen molar-refractivity contribution in [1.82, 2.24) is 0 Å². The highest BCUT2D eigenvalue weighted by atomic mass is 79.9. The summed E-state index contributed by atoms with van der Waals surface area (Å²) < 4.78 is 1.57. The third-order valence-corrected chi connectivity index (χ3v) is 3.70. The molecule has 0 fully saturated rings. The molecule has 1 aromatic carbocycles. The van der Waals surface area contributed by atoms with E-state index in [4.69, 9.17) is 16.7 Å². The van der Waals surface area contributed by atoms with E-state index < -0.39 is 0 Å². The van der Waals surface area contributed by atoms with Crippen LogP contribution in [0.5, 0.6) is 0 Å². The van der Waals surface area contributed by atoms with E-state index in [1.165, 1.54) is 0 Å². The third-order valence-electron chi connectivity index (χ3n) is 1.29. The van der Waals surface area contributed by atoms with E-state index in [0.29, 0.717) is 5.02 Å². The first-order valence-electron chi connectivity index (χ1n) is 2.90. The molecule has 4 heteroatoms. The second-order valence-corrected chi connectivity index (χ2v) is 4.02. The molecular weight excluding hydrogens is 295 g/mol. The summed E-state index contributed by atoms with van der Waals surface area (Å²) in [6.45, 7) is -0.00637. The van der Waals surface area contributed by atoms with Crippen LogP contribution < -0.4 is 0 Å². The molecule has 0 aliphatic rings. The zero-order chi connectivity index (χ0) is 8.43. The monoisotopic (exact) mass is 298 g/mol. The minimum atomic E-state index is -0.00637. The molecule has 0 aliphatic heterocycles. The zero-order valence-electron chi connectivity index (χ0n) is 5.44. The summed E-state index contributed by atoms with van der Waals surface area (Å²) in [5, 5.41) is 9.42. The van der Waals surface area contributed by atoms with Crippen molar-refractivity contribution in [3.8, 4) is 0 Å². The molecule has 0 unspecified atom stereocenters. The normalized spacial score (nSPS) is 10.2. The molecule has 0 amide bonds. The standard InChI is InChI=1S/C7H5Br2ClO/c8-5-2-1-4(3-11)6(9)7(5)10/h1-2,11H,3H2. The zero-order valence-corrected chi connectivity index (χ0v) is 9.37. The molecule has 11 heavy (non-hydrogen) atoms. The van der Waals surface area contributed by atoms with Crippen LogP contribution in [0, 0.1) is 0 Å². The molecule has 0 radical (unpaired) electrons. The van der Waals surface area contributed by atoms with Gasteiger partial charge in [0, 0.05) is 8.95 Å². The summed E-state index contributed by atoms with van der Waals surface area (Å²) in [7, 11) is 0. The maximum Gasteiger partial charge on any atom is 0.0693 e. The van der Waals surface area contributed by atoms with E-state index in [1.807, 2.05) is 0 Å². The molecule has 0 atom stereocenters. The molecule has 1 rings (SSSR count). The smallest absolute Gasteiger partial charge is 0.0693 e. The maximum absolute atomic E-state index is 8.83. The Balaban J connectivity index is 3.25. The predicted octanol–water partition coefficient (Wildman–Crippen LogP) is 3.36. The molecule has 60 valence electrons. The molecule has 0 saturated carbocycles. The predicted molar refractivity (Wildman–Crippen MR) is 52.8 cm³/mol. The van der Waals surface area contributed by atoms with Crippen LogP contribution in [0.1, 0.15) is 5.56 Å². The van der Waals surface area contributed by atoms with Crippen LogP contribution in [0.3, 0.4) is 0 Å². The molecule has 1 nitrogen and oxygen atoms in total. The number of benzene rings is 1. The van der Waals surface area contributed by atoms with Gasteiger partial charge in [-0.2, -0.15) is 0 Å². The number of aliphatic hydroxyl groups excluding tert-OH is 1. The number of hydrogen-bond acceptors (Lipinski definition) is 1. The summed E-state index contributed by atoms with van der Waals surface area (Å²) in [5.41, 5.74) is 0.790. The Morgan fingerprint density at radius 1 is 1.36 bits per heavy atom. The van der Waals surface area contributed by atoms with Crippen LogP contribution in [0.15, 0.2) is 21.1 Å². The average Bonchev–Trinajstić information content (AvgIpc) is 2.01. The Morgan fingerprint density at radius 3 is 2.55 bits per heavy atom. The van der Waals surface area contributed by atoms with Gasteiger partial charge in [-0.15, -0.1) is 0 Å². The summed E-state index contributed by atoms with van der Waals surface area (Å²) in [6.07, 6.45) is 0. The summed E-state index contributed by atoms with van der Waals surface area (Å²) in [5.74, 6) is 0. The Kier molecular flexibility index (Phi) is 3.37. The van der Waals surface area contributed by atoms with Gasteiger partial charge in [-0.1, -0.05) is 17.7 Å². The van der Waals surface area contributed by atoms with Crippen LogP contribution in [0.4, 0.5) is 0 Å². The van der Waals surface area contributed by atoms with Crippen LogP contribution in [-0.4, -0.2) is 5.11 Å². The Bertz CT molecular complexity index is 275. The lowest BCUT2D eigenvalue weighted by Crippen LogP contribution is -1.85. The fourth-order valence-electron chi connectivity index (χ4n) is 0.688. The fraction of sp³-hybridized carbons (Fsp3) is 0.143. The van der Waals surface area contributed by atoms with Gasteiger partial charge < -0.3 is 5.11 Å². The van der Waals surface area contributed by atoms with Crippen molar-refractivity contribution in [2.75, 3.05) is 0 Å². The first kappa shape index (κ1) is 9.52. The van der Waals surface area contributed by atoms with Gasteiger partial charge in [-0.25, -0.2) is 0 Å². The highest BCUT2D eigenvalue weighted by Crippen LogP contribution is 2.32. The Hall–Kier alpha value is 0.430. The maximum atomic E-state index is 8.83. The summed E-state index contributed by atoms with van der Waals surface area (Å²) in [4.78, 5) is 0. The van der Waals surface area contributed by atoms with Crippen molar-refractivity contribution in [1.29, 1.82) is 0 Å². The van der Waals surface area contributed by atoms with Crippen molar-refractivity contribution in [2.45, 2.75) is 6.61 Å². The van der Waals surface area contributed by atoms with Gasteiger partial charge in [-0.05, 0) is 43.5 Å². The number of aliphatic hydroxyl groups is 1. The molecule has 0 aliphatic carbocycles. The minimum absolute atomic E-state index is 0.00637. The van der Waals surface area contributed by atoms with Gasteiger partial charge in [0.1, 0.15) is 0 Å². The van der Waals surface area contributed by atoms with Crippen molar-refractivity contribution >= 4 is 43.5 Å². The molecule has 1 N–H and O–H groups in total. The van der Waals surface area contributed by atoms with Gasteiger partial charge in [0.15, 0.2) is 0 Å². The van der Waals surface area contributed by atoms with Crippen molar-refractivity contribution in [3.05, 3.63) is 31.7 Å². The Labute approximate surface area is 86.6 Å². The van der Waals surface area contributed by atoms with Crippen LogP contribution in [0.25, 0.3) is 0 Å². The molecule has 0 heterocycles. The van der Waals surface area contributed by atoms with E-state index in [9.17, 15) is 0 Å². The van der Waals surface area contributed by atoms with E-state index >= 15 is 0 Å². The summed E-state index contributed by atoms with van der Waals surface area (Å²) >= 11 is 12.4. The second-order valence-electron chi connectivity index (χ2n) is 1.99. The fourth-order valence-corrected chi connectivity index (χ4v) is 1.94. The van der Waals surface area contributed by atoms with E-state index in [-0.39, 0.29) is 6.61 Å². The van der Waals surface area contributed by atoms with Crippen LogP contribution in [-0.2, 0) is 6.61 Å². The molecule has 0 saturated heterocycles. The van der Waals surface area contributed by atoms with Crippen LogP contribution >= 0.6 is 43.5 Å². The molecular formula is C7H5Br2ClO. The summed E-state index contributed by atoms with van der Waals surface area (Å²) in [6, 6.07) is 3.61. The van der Waals surface area contributed by atoms with Crippen molar-refractivity contribution in [2.24, 2.45) is 0 Å². The Morgan fingerprint density at radius 2 is 2.00 bits per heavy atom. The van der Waals surface area contributed by atoms with Gasteiger partial charge in [0.2, 0.25) is 0 Å². The lowest BCUT2D eigenvalue weighted by Gasteiger charge is -2.03. The van der Waals surface area contributed by atoms with Gasteiger partial charge in [-0.3, -0.25) is 0 Å². The third kappa shape index (κ3) is 1.96. The van der Waals surface area contributed by atoms with Gasteiger partial charge in [0.25, 0.3) is 0 Å². The lowest BCUT2D eigenvalue weighted by atomic mass is 10.2. The number of halogens is 3. The lowest BCUT2D eigenvalue weighted by molar-refractivity contribution is 0.281. The van der Waals surface area contributed by atoms with Crippen molar-refractivity contribution in [3.63, 3.8) is 0 Å². The average molecular weight is 300 g/mol. The molecule has 0 aromatic heterocycles. The highest BCUT2D eigenvalue weighted by molar-refractivity contribution is 9.11. The van der Waals surface area contributed by atoms with E-state index in [1.54, 1.807) is 12.1 Å². The number of hydrogen-bond donors (Lipinski definition) is 1. The number of rotatable bonds is 1. The largest absolute Gasteiger partial charge is 0.392 e. The SMILES string of the molecule is OCc1ccc(Br)c(Cl)c1Br. The van der Waals surface area contributed by atoms with E-state index in [0.717, 1.165) is 14.5 Å². The quantitative estimate of drug-likeness (QED) is 0.789. The van der Waals surface area contributed by atoms with Crippen LogP contribution in [0.2, 0.25) is 5.02 Å². The first-order valence-corrected chi connectivity index (χ1v) is 4.86. The van der Waals surface area contributed by atoms with Gasteiger partial charge in [0.05, 0.1) is 11.6 Å². The minimum Gasteiger partial charge on any atom is -0.392 e. The molecule has 0 spiro atoms.